The summed E-state index contributed by atoms with van der Waals surface area (Å²) in [5.74, 6) is 0.163. The lowest BCUT2D eigenvalue weighted by Crippen LogP contribution is -2.38. The van der Waals surface area contributed by atoms with Gasteiger partial charge in [0.15, 0.2) is 0 Å². The Morgan fingerprint density at radius 2 is 1.80 bits per heavy atom. The fraction of sp³-hybridized carbons (Fsp3) is 0.417. The van der Waals surface area contributed by atoms with Gasteiger partial charge in [-0.1, -0.05) is 18.2 Å². The molecule has 3 nitrogen and oxygen atoms in total. The fourth-order valence-corrected chi connectivity index (χ4v) is 2.55. The van der Waals surface area contributed by atoms with Crippen LogP contribution in [-0.2, 0) is 0 Å². The van der Waals surface area contributed by atoms with Crippen molar-refractivity contribution in [2.75, 3.05) is 13.1 Å². The van der Waals surface area contributed by atoms with Crippen molar-refractivity contribution in [2.24, 2.45) is 0 Å². The number of carbonyl (C=O) groups is 1. The topological polar surface area (TPSA) is 23.6 Å². The number of benzene rings is 1. The summed E-state index contributed by atoms with van der Waals surface area (Å²) in [7, 11) is 0. The molecule has 1 aromatic rings. The van der Waals surface area contributed by atoms with E-state index in [0.717, 1.165) is 31.5 Å². The zero-order chi connectivity index (χ0) is 10.3. The third kappa shape index (κ3) is 1.35. The second-order valence-electron chi connectivity index (χ2n) is 4.20. The number of hydrogen-bond acceptors (Lipinski definition) is 2. The zero-order valence-electron chi connectivity index (χ0n) is 8.60. The monoisotopic (exact) mass is 202 g/mol. The van der Waals surface area contributed by atoms with Crippen LogP contribution in [-0.4, -0.2) is 35.1 Å². The molecule has 0 saturated carbocycles. The summed E-state index contributed by atoms with van der Waals surface area (Å²) in [6, 6.07) is 10.0. The molecule has 0 atom stereocenters. The molecule has 2 saturated heterocycles. The summed E-state index contributed by atoms with van der Waals surface area (Å²) in [6.07, 6.45) is 2.27. The Hall–Kier alpha value is -1.35. The molecule has 1 amide bonds. The van der Waals surface area contributed by atoms with Gasteiger partial charge in [-0.15, -0.1) is 0 Å². The molecule has 3 heteroatoms. The zero-order valence-corrected chi connectivity index (χ0v) is 8.60. The van der Waals surface area contributed by atoms with Gasteiger partial charge in [0.1, 0.15) is 0 Å². The number of carbonyl (C=O) groups excluding carboxylic acids is 1. The van der Waals surface area contributed by atoms with E-state index in [0.29, 0.717) is 6.04 Å². The SMILES string of the molecule is O=C(c1ccccc1)N1C2CCN1CC2. The number of hydrogen-bond donors (Lipinski definition) is 0. The number of rotatable bonds is 1. The lowest BCUT2D eigenvalue weighted by atomic mass is 10.1. The molecule has 1 aromatic carbocycles. The van der Waals surface area contributed by atoms with Crippen molar-refractivity contribution in [1.82, 2.24) is 10.0 Å². The number of amides is 1. The molecule has 2 aliphatic rings. The maximum Gasteiger partial charge on any atom is 0.268 e. The number of piperidine rings is 1. The van der Waals surface area contributed by atoms with E-state index in [4.69, 9.17) is 0 Å². The highest BCUT2D eigenvalue weighted by molar-refractivity contribution is 5.94. The van der Waals surface area contributed by atoms with Gasteiger partial charge in [0.25, 0.3) is 5.91 Å². The first-order chi connectivity index (χ1) is 7.36. The predicted octanol–water partition coefficient (Wildman–Crippen LogP) is 1.52. The van der Waals surface area contributed by atoms with E-state index in [2.05, 4.69) is 5.01 Å². The van der Waals surface area contributed by atoms with Crippen LogP contribution < -0.4 is 0 Å². The molecule has 0 spiro atoms. The van der Waals surface area contributed by atoms with Crippen molar-refractivity contribution in [2.45, 2.75) is 18.9 Å². The average Bonchev–Trinajstić information content (AvgIpc) is 2.89. The van der Waals surface area contributed by atoms with Crippen LogP contribution in [0, 0.1) is 0 Å². The van der Waals surface area contributed by atoms with Crippen LogP contribution >= 0.6 is 0 Å². The van der Waals surface area contributed by atoms with Crippen molar-refractivity contribution in [1.29, 1.82) is 0 Å². The molecule has 78 valence electrons. The standard InChI is InChI=1S/C12H14N2O/c15-12(10-4-2-1-3-5-10)14-11-6-8-13(14)9-7-11/h1-5,11H,6-9H2. The first-order valence-corrected chi connectivity index (χ1v) is 5.50. The van der Waals surface area contributed by atoms with Gasteiger partial charge in [-0.05, 0) is 25.0 Å². The van der Waals surface area contributed by atoms with Gasteiger partial charge in [0, 0.05) is 18.7 Å². The molecular formula is C12H14N2O. The summed E-state index contributed by atoms with van der Waals surface area (Å²) in [5.41, 5.74) is 0.802. The smallest absolute Gasteiger partial charge is 0.268 e. The second-order valence-corrected chi connectivity index (χ2v) is 4.20. The van der Waals surface area contributed by atoms with E-state index in [1.54, 1.807) is 0 Å². The van der Waals surface area contributed by atoms with Gasteiger partial charge in [0.2, 0.25) is 0 Å². The minimum absolute atomic E-state index is 0.163. The van der Waals surface area contributed by atoms with E-state index in [9.17, 15) is 4.79 Å². The fourth-order valence-electron chi connectivity index (χ4n) is 2.55. The Labute approximate surface area is 89.3 Å². The minimum Gasteiger partial charge on any atom is -0.268 e. The van der Waals surface area contributed by atoms with E-state index in [-0.39, 0.29) is 5.91 Å². The van der Waals surface area contributed by atoms with Gasteiger partial charge >= 0.3 is 0 Å². The lowest BCUT2D eigenvalue weighted by molar-refractivity contribution is 0.0334. The highest BCUT2D eigenvalue weighted by Crippen LogP contribution is 2.29. The van der Waals surface area contributed by atoms with Crippen molar-refractivity contribution in [3.63, 3.8) is 0 Å². The molecule has 3 rings (SSSR count). The second kappa shape index (κ2) is 3.35. The summed E-state index contributed by atoms with van der Waals surface area (Å²) < 4.78 is 0. The average molecular weight is 202 g/mol. The van der Waals surface area contributed by atoms with Crippen molar-refractivity contribution >= 4 is 5.91 Å². The summed E-state index contributed by atoms with van der Waals surface area (Å²) in [4.78, 5) is 12.2. The van der Waals surface area contributed by atoms with Gasteiger partial charge in [-0.25, -0.2) is 5.01 Å². The summed E-state index contributed by atoms with van der Waals surface area (Å²) in [6.45, 7) is 2.09. The Morgan fingerprint density at radius 1 is 1.13 bits per heavy atom. The van der Waals surface area contributed by atoms with Crippen molar-refractivity contribution < 1.29 is 4.79 Å². The molecule has 2 bridgehead atoms. The molecule has 0 unspecified atom stereocenters. The maximum absolute atomic E-state index is 12.2. The molecule has 2 aliphatic heterocycles. The normalized spacial score (nSPS) is 28.4. The van der Waals surface area contributed by atoms with Gasteiger partial charge in [0.05, 0.1) is 6.04 Å². The van der Waals surface area contributed by atoms with Crippen LogP contribution in [0.1, 0.15) is 23.2 Å². The van der Waals surface area contributed by atoms with Gasteiger partial charge in [-0.3, -0.25) is 9.80 Å². The quantitative estimate of drug-likeness (QED) is 0.689. The highest BCUT2D eigenvalue weighted by atomic mass is 16.2. The van der Waals surface area contributed by atoms with E-state index >= 15 is 0 Å². The lowest BCUT2D eigenvalue weighted by Gasteiger charge is -2.23. The number of fused-ring (bicyclic) bond motifs is 2. The van der Waals surface area contributed by atoms with E-state index < -0.39 is 0 Å². The molecule has 0 N–H and O–H groups in total. The van der Waals surface area contributed by atoms with Crippen molar-refractivity contribution in [3.05, 3.63) is 35.9 Å². The van der Waals surface area contributed by atoms with Gasteiger partial charge in [-0.2, -0.15) is 0 Å². The summed E-state index contributed by atoms with van der Waals surface area (Å²) >= 11 is 0. The molecule has 0 aromatic heterocycles. The molecular weight excluding hydrogens is 188 g/mol. The Bertz CT molecular complexity index is 356. The maximum atomic E-state index is 12.2. The molecule has 2 heterocycles. The van der Waals surface area contributed by atoms with Crippen molar-refractivity contribution in [3.8, 4) is 0 Å². The Balaban J connectivity index is 1.87. The number of nitrogens with zero attached hydrogens (tertiary/aromatic N) is 2. The molecule has 2 fully saturated rings. The largest absolute Gasteiger partial charge is 0.268 e. The van der Waals surface area contributed by atoms with Crippen LogP contribution in [0.2, 0.25) is 0 Å². The van der Waals surface area contributed by atoms with Crippen LogP contribution in [0.5, 0.6) is 0 Å². The van der Waals surface area contributed by atoms with E-state index in [1.807, 2.05) is 35.3 Å². The molecule has 0 aliphatic carbocycles. The summed E-state index contributed by atoms with van der Waals surface area (Å²) in [5, 5.41) is 4.13. The molecule has 0 radical (unpaired) electrons. The van der Waals surface area contributed by atoms with E-state index in [1.165, 1.54) is 0 Å². The Kier molecular flexibility index (Phi) is 1.99. The third-order valence-electron chi connectivity index (χ3n) is 3.32. The highest BCUT2D eigenvalue weighted by Gasteiger charge is 2.40. The molecule has 15 heavy (non-hydrogen) atoms. The van der Waals surface area contributed by atoms with Crippen LogP contribution in [0.4, 0.5) is 0 Å². The van der Waals surface area contributed by atoms with Crippen LogP contribution in [0.15, 0.2) is 30.3 Å². The first kappa shape index (κ1) is 8.92. The van der Waals surface area contributed by atoms with Crippen LogP contribution in [0.3, 0.4) is 0 Å². The first-order valence-electron chi connectivity index (χ1n) is 5.50. The minimum atomic E-state index is 0.163. The third-order valence-corrected chi connectivity index (χ3v) is 3.32. The number of hydrazine groups is 1. The Morgan fingerprint density at radius 3 is 2.33 bits per heavy atom. The predicted molar refractivity (Wildman–Crippen MR) is 57.2 cm³/mol. The van der Waals surface area contributed by atoms with Crippen LogP contribution in [0.25, 0.3) is 0 Å². The van der Waals surface area contributed by atoms with Gasteiger partial charge < -0.3 is 0 Å².